The van der Waals surface area contributed by atoms with E-state index in [0.29, 0.717) is 5.75 Å². The van der Waals surface area contributed by atoms with Crippen LogP contribution in [0.2, 0.25) is 0 Å². The predicted molar refractivity (Wildman–Crippen MR) is 40.5 cm³/mol. The second-order valence-corrected chi connectivity index (χ2v) is 3.93. The summed E-state index contributed by atoms with van der Waals surface area (Å²) in [4.78, 5) is 0. The van der Waals surface area contributed by atoms with Gasteiger partial charge in [0, 0.05) is 5.75 Å². The number of thioether (sulfide) groups is 1. The van der Waals surface area contributed by atoms with Crippen LogP contribution in [0.4, 0.5) is 0 Å². The van der Waals surface area contributed by atoms with Gasteiger partial charge in [0.1, 0.15) is 0 Å². The summed E-state index contributed by atoms with van der Waals surface area (Å²) < 4.78 is 31.9. The highest BCUT2D eigenvalue weighted by molar-refractivity contribution is 7.99. The summed E-state index contributed by atoms with van der Waals surface area (Å²) in [7, 11) is -4.22. The summed E-state index contributed by atoms with van der Waals surface area (Å²) in [5.41, 5.74) is 0. The molecule has 0 heterocycles. The molecule has 0 unspecified atom stereocenters. The summed E-state index contributed by atoms with van der Waals surface area (Å²) in [5, 5.41) is 0. The highest BCUT2D eigenvalue weighted by atomic mass is 32.3. The number of hydrogen-bond donors (Lipinski definition) is 1. The number of rotatable bonds is 5. The molecule has 0 spiro atoms. The molecule has 0 aliphatic heterocycles. The molecule has 0 aromatic carbocycles. The van der Waals surface area contributed by atoms with Gasteiger partial charge >= 0.3 is 10.4 Å². The van der Waals surface area contributed by atoms with Crippen LogP contribution < -0.4 is 0 Å². The quantitative estimate of drug-likeness (QED) is 0.502. The lowest BCUT2D eigenvalue weighted by atomic mass is 10.9. The molecular formula is C4H10O4S2. The minimum Gasteiger partial charge on any atom is -0.264 e. The van der Waals surface area contributed by atoms with Gasteiger partial charge in [-0.1, -0.05) is 6.92 Å². The molecule has 0 bridgehead atoms. The lowest BCUT2D eigenvalue weighted by molar-refractivity contribution is 0.285. The molecule has 4 nitrogen and oxygen atoms in total. The first-order valence-electron chi connectivity index (χ1n) is 2.76. The average molecular weight is 186 g/mol. The van der Waals surface area contributed by atoms with Gasteiger partial charge in [-0.05, 0) is 5.75 Å². The first-order chi connectivity index (χ1) is 4.56. The maximum atomic E-state index is 9.92. The zero-order valence-electron chi connectivity index (χ0n) is 5.61. The molecule has 0 saturated carbocycles. The third-order valence-electron chi connectivity index (χ3n) is 0.664. The fourth-order valence-corrected chi connectivity index (χ4v) is 1.23. The molecule has 0 aromatic rings. The second-order valence-electron chi connectivity index (χ2n) is 1.45. The van der Waals surface area contributed by atoms with E-state index in [4.69, 9.17) is 4.55 Å². The molecule has 0 aliphatic rings. The van der Waals surface area contributed by atoms with Crippen molar-refractivity contribution in [3.8, 4) is 0 Å². The third-order valence-corrected chi connectivity index (χ3v) is 1.99. The van der Waals surface area contributed by atoms with Crippen LogP contribution >= 0.6 is 11.8 Å². The van der Waals surface area contributed by atoms with Crippen LogP contribution in [0.5, 0.6) is 0 Å². The molecule has 6 heteroatoms. The normalized spacial score (nSPS) is 11.8. The van der Waals surface area contributed by atoms with Crippen molar-refractivity contribution >= 4 is 22.2 Å². The van der Waals surface area contributed by atoms with E-state index in [2.05, 4.69) is 4.18 Å². The Morgan fingerprint density at radius 1 is 1.60 bits per heavy atom. The van der Waals surface area contributed by atoms with Crippen LogP contribution in [0, 0.1) is 0 Å². The molecule has 0 atom stereocenters. The minimum atomic E-state index is -4.22. The molecular weight excluding hydrogens is 176 g/mol. The third kappa shape index (κ3) is 8.22. The van der Waals surface area contributed by atoms with E-state index < -0.39 is 10.4 Å². The molecule has 0 radical (unpaired) electrons. The van der Waals surface area contributed by atoms with Crippen LogP contribution in [0.1, 0.15) is 6.92 Å². The van der Waals surface area contributed by atoms with Crippen LogP contribution in [0.3, 0.4) is 0 Å². The van der Waals surface area contributed by atoms with Gasteiger partial charge in [-0.3, -0.25) is 4.55 Å². The molecule has 0 fully saturated rings. The van der Waals surface area contributed by atoms with Crippen molar-refractivity contribution in [2.45, 2.75) is 6.92 Å². The Hall–Kier alpha value is 0.220. The Bertz CT molecular complexity index is 162. The molecule has 0 amide bonds. The topological polar surface area (TPSA) is 63.6 Å². The average Bonchev–Trinajstić information content (AvgIpc) is 1.78. The van der Waals surface area contributed by atoms with E-state index in [1.54, 1.807) is 11.8 Å². The molecule has 0 aromatic heterocycles. The van der Waals surface area contributed by atoms with Crippen molar-refractivity contribution in [3.05, 3.63) is 0 Å². The summed E-state index contributed by atoms with van der Waals surface area (Å²) >= 11 is 1.55. The second kappa shape index (κ2) is 4.95. The van der Waals surface area contributed by atoms with E-state index in [0.717, 1.165) is 5.75 Å². The Morgan fingerprint density at radius 2 is 2.20 bits per heavy atom. The summed E-state index contributed by atoms with van der Waals surface area (Å²) in [6.07, 6.45) is 0. The molecule has 0 aliphatic carbocycles. The van der Waals surface area contributed by atoms with Gasteiger partial charge in [-0.25, -0.2) is 4.18 Å². The molecule has 0 saturated heterocycles. The summed E-state index contributed by atoms with van der Waals surface area (Å²) in [6, 6.07) is 0. The first kappa shape index (κ1) is 10.2. The fraction of sp³-hybridized carbons (Fsp3) is 1.00. The highest BCUT2D eigenvalue weighted by Crippen LogP contribution is 1.98. The smallest absolute Gasteiger partial charge is 0.264 e. The fourth-order valence-electron chi connectivity index (χ4n) is 0.343. The summed E-state index contributed by atoms with van der Waals surface area (Å²) in [6.45, 7) is 2.00. The predicted octanol–water partition coefficient (Wildman–Crippen LogP) is 0.559. The van der Waals surface area contributed by atoms with Crippen LogP contribution in [0.25, 0.3) is 0 Å². The largest absolute Gasteiger partial charge is 0.397 e. The minimum absolute atomic E-state index is 0.0390. The van der Waals surface area contributed by atoms with E-state index in [9.17, 15) is 8.42 Å². The molecule has 10 heavy (non-hydrogen) atoms. The van der Waals surface area contributed by atoms with E-state index >= 15 is 0 Å². The Morgan fingerprint density at radius 3 is 2.60 bits per heavy atom. The maximum absolute atomic E-state index is 9.92. The van der Waals surface area contributed by atoms with Gasteiger partial charge < -0.3 is 0 Å². The van der Waals surface area contributed by atoms with Crippen molar-refractivity contribution in [1.82, 2.24) is 0 Å². The number of hydrogen-bond acceptors (Lipinski definition) is 4. The van der Waals surface area contributed by atoms with Gasteiger partial charge in [0.25, 0.3) is 0 Å². The SMILES string of the molecule is CCSCCOS(=O)(=O)O. The lowest BCUT2D eigenvalue weighted by Gasteiger charge is -1.96. The van der Waals surface area contributed by atoms with Gasteiger partial charge in [-0.15, -0.1) is 0 Å². The Balaban J connectivity index is 3.21. The highest BCUT2D eigenvalue weighted by Gasteiger charge is 2.01. The Labute approximate surface area is 64.9 Å². The summed E-state index contributed by atoms with van der Waals surface area (Å²) in [5.74, 6) is 1.49. The first-order valence-corrected chi connectivity index (χ1v) is 5.28. The van der Waals surface area contributed by atoms with Gasteiger partial charge in [-0.2, -0.15) is 20.2 Å². The van der Waals surface area contributed by atoms with Crippen molar-refractivity contribution in [1.29, 1.82) is 0 Å². The monoisotopic (exact) mass is 186 g/mol. The van der Waals surface area contributed by atoms with E-state index in [1.165, 1.54) is 0 Å². The van der Waals surface area contributed by atoms with Crippen molar-refractivity contribution in [2.24, 2.45) is 0 Å². The molecule has 0 rings (SSSR count). The standard InChI is InChI=1S/C4H10O4S2/c1-2-9-4-3-8-10(5,6)7/h2-4H2,1H3,(H,5,6,7). The maximum Gasteiger partial charge on any atom is 0.397 e. The molecule has 62 valence electrons. The zero-order valence-corrected chi connectivity index (χ0v) is 7.24. The van der Waals surface area contributed by atoms with Gasteiger partial charge in [0.2, 0.25) is 0 Å². The van der Waals surface area contributed by atoms with Gasteiger partial charge in [0.05, 0.1) is 6.61 Å². The van der Waals surface area contributed by atoms with E-state index in [1.807, 2.05) is 6.92 Å². The van der Waals surface area contributed by atoms with Crippen molar-refractivity contribution < 1.29 is 17.2 Å². The van der Waals surface area contributed by atoms with Crippen LogP contribution in [0.15, 0.2) is 0 Å². The van der Waals surface area contributed by atoms with E-state index in [-0.39, 0.29) is 6.61 Å². The van der Waals surface area contributed by atoms with Gasteiger partial charge in [0.15, 0.2) is 0 Å². The van der Waals surface area contributed by atoms with Crippen molar-refractivity contribution in [2.75, 3.05) is 18.1 Å². The Kier molecular flexibility index (Phi) is 5.06. The lowest BCUT2D eigenvalue weighted by Crippen LogP contribution is -2.06. The zero-order chi connectivity index (χ0) is 8.04. The van der Waals surface area contributed by atoms with Crippen molar-refractivity contribution in [3.63, 3.8) is 0 Å². The molecule has 1 N–H and O–H groups in total. The van der Waals surface area contributed by atoms with Crippen LogP contribution in [-0.4, -0.2) is 31.1 Å². The van der Waals surface area contributed by atoms with Crippen LogP contribution in [-0.2, 0) is 14.6 Å².